The summed E-state index contributed by atoms with van der Waals surface area (Å²) in [7, 11) is 0. The van der Waals surface area contributed by atoms with Crippen LogP contribution in [-0.2, 0) is 4.79 Å². The lowest BCUT2D eigenvalue weighted by atomic mass is 9.92. The average Bonchev–Trinajstić information content (AvgIpc) is 3.34. The summed E-state index contributed by atoms with van der Waals surface area (Å²) >= 11 is 1.50. The number of imidazole rings is 1. The fraction of sp³-hybridized carbons (Fsp3) is 0.333. The molecule has 8 heteroatoms. The predicted octanol–water partition coefficient (Wildman–Crippen LogP) is 4.49. The number of likely N-dealkylation sites (tertiary alicyclic amines) is 1. The Bertz CT molecular complexity index is 1340. The molecule has 0 spiro atoms. The number of nitrogens with one attached hydrogen (secondary N) is 1. The number of benzene rings is 1. The van der Waals surface area contributed by atoms with E-state index in [4.69, 9.17) is 5.26 Å². The molecule has 5 rings (SSSR count). The molecular formula is C27H27N5O2S. The minimum atomic E-state index is -0.0280. The van der Waals surface area contributed by atoms with E-state index in [1.807, 2.05) is 36.2 Å². The van der Waals surface area contributed by atoms with E-state index in [0.717, 1.165) is 65.6 Å². The van der Waals surface area contributed by atoms with E-state index in [1.54, 1.807) is 24.3 Å². The van der Waals surface area contributed by atoms with E-state index in [-0.39, 0.29) is 11.8 Å². The number of piperidine rings is 1. The molecule has 35 heavy (non-hydrogen) atoms. The van der Waals surface area contributed by atoms with Gasteiger partial charge in [0.25, 0.3) is 11.8 Å². The number of carbonyl (C=O) groups excluding carboxylic acids is 2. The van der Waals surface area contributed by atoms with Gasteiger partial charge in [0, 0.05) is 25.2 Å². The lowest BCUT2D eigenvalue weighted by Gasteiger charge is -2.32. The Morgan fingerprint density at radius 1 is 1.17 bits per heavy atom. The van der Waals surface area contributed by atoms with Gasteiger partial charge in [0.05, 0.1) is 33.5 Å². The molecule has 2 amide bonds. The van der Waals surface area contributed by atoms with E-state index >= 15 is 0 Å². The fourth-order valence-corrected chi connectivity index (χ4v) is 5.89. The molecular weight excluding hydrogens is 458 g/mol. The summed E-state index contributed by atoms with van der Waals surface area (Å²) in [6, 6.07) is 14.9. The first kappa shape index (κ1) is 23.2. The number of allylic oxidation sites excluding steroid dienone is 1. The summed E-state index contributed by atoms with van der Waals surface area (Å²) < 4.78 is 2.09. The van der Waals surface area contributed by atoms with Crippen LogP contribution in [0.5, 0.6) is 0 Å². The second-order valence-corrected chi connectivity index (χ2v) is 10.1. The Kier molecular flexibility index (Phi) is 6.60. The van der Waals surface area contributed by atoms with Crippen LogP contribution in [0.4, 0.5) is 0 Å². The molecule has 2 aromatic heterocycles. The SMILES string of the molecule is CC1=C(C(=O)NCCCC2CCN(C(=O)c3ccc(C#N)cc3)CC2)Sc2cccc3ncc1n23. The van der Waals surface area contributed by atoms with Crippen molar-refractivity contribution in [3.63, 3.8) is 0 Å². The summed E-state index contributed by atoms with van der Waals surface area (Å²) in [5, 5.41) is 13.0. The van der Waals surface area contributed by atoms with Crippen molar-refractivity contribution in [1.82, 2.24) is 19.6 Å². The van der Waals surface area contributed by atoms with Gasteiger partial charge in [-0.25, -0.2) is 4.98 Å². The van der Waals surface area contributed by atoms with Crippen molar-refractivity contribution >= 4 is 34.8 Å². The highest BCUT2D eigenvalue weighted by Gasteiger charge is 2.25. The minimum Gasteiger partial charge on any atom is -0.352 e. The topological polar surface area (TPSA) is 90.5 Å². The normalized spacial score (nSPS) is 15.8. The average molecular weight is 486 g/mol. The predicted molar refractivity (Wildman–Crippen MR) is 136 cm³/mol. The number of amides is 2. The van der Waals surface area contributed by atoms with Crippen molar-refractivity contribution in [1.29, 1.82) is 5.26 Å². The second kappa shape index (κ2) is 9.96. The number of hydrogen-bond acceptors (Lipinski definition) is 5. The zero-order chi connectivity index (χ0) is 24.4. The fourth-order valence-electron chi connectivity index (χ4n) is 4.83. The van der Waals surface area contributed by atoms with Crippen LogP contribution in [0.3, 0.4) is 0 Å². The summed E-state index contributed by atoms with van der Waals surface area (Å²) in [5.41, 5.74) is 4.02. The first-order valence-electron chi connectivity index (χ1n) is 12.0. The number of nitrogens with zero attached hydrogens (tertiary/aromatic N) is 4. The lowest BCUT2D eigenvalue weighted by Crippen LogP contribution is -2.38. The zero-order valence-electron chi connectivity index (χ0n) is 19.7. The van der Waals surface area contributed by atoms with Crippen LogP contribution in [0.2, 0.25) is 0 Å². The van der Waals surface area contributed by atoms with Crippen LogP contribution in [-0.4, -0.2) is 45.7 Å². The van der Waals surface area contributed by atoms with Gasteiger partial charge in [-0.3, -0.25) is 14.0 Å². The standard InChI is InChI=1S/C27H27N5O2S/c1-18-22-17-30-23-5-2-6-24(32(22)23)35-25(18)26(33)29-13-3-4-19-11-14-31(15-12-19)27(34)21-9-7-20(16-28)8-10-21/h2,5-10,17,19H,3-4,11-15H2,1H3,(H,29,33). The maximum atomic E-state index is 12.9. The summed E-state index contributed by atoms with van der Waals surface area (Å²) in [4.78, 5) is 32.7. The highest BCUT2D eigenvalue weighted by atomic mass is 32.2. The van der Waals surface area contributed by atoms with Gasteiger partial charge in [0.2, 0.25) is 0 Å². The third kappa shape index (κ3) is 4.69. The largest absolute Gasteiger partial charge is 0.352 e. The van der Waals surface area contributed by atoms with Crippen LogP contribution in [0, 0.1) is 17.2 Å². The van der Waals surface area contributed by atoms with Gasteiger partial charge in [-0.05, 0) is 80.5 Å². The van der Waals surface area contributed by atoms with Crippen LogP contribution in [0.25, 0.3) is 11.2 Å². The Morgan fingerprint density at radius 2 is 1.94 bits per heavy atom. The van der Waals surface area contributed by atoms with Gasteiger partial charge in [-0.2, -0.15) is 5.26 Å². The third-order valence-electron chi connectivity index (χ3n) is 6.87. The number of thioether (sulfide) groups is 1. The lowest BCUT2D eigenvalue weighted by molar-refractivity contribution is -0.116. The van der Waals surface area contributed by atoms with E-state index in [0.29, 0.717) is 23.6 Å². The molecule has 1 aromatic carbocycles. The van der Waals surface area contributed by atoms with Crippen LogP contribution in [0.1, 0.15) is 54.2 Å². The molecule has 1 saturated heterocycles. The third-order valence-corrected chi connectivity index (χ3v) is 8.09. The Balaban J connectivity index is 1.07. The van der Waals surface area contributed by atoms with Crippen LogP contribution >= 0.6 is 11.8 Å². The van der Waals surface area contributed by atoms with Gasteiger partial charge >= 0.3 is 0 Å². The quantitative estimate of drug-likeness (QED) is 0.520. The second-order valence-electron chi connectivity index (χ2n) is 9.08. The van der Waals surface area contributed by atoms with Crippen molar-refractivity contribution in [2.75, 3.05) is 19.6 Å². The number of nitriles is 1. The van der Waals surface area contributed by atoms with Crippen LogP contribution < -0.4 is 5.32 Å². The van der Waals surface area contributed by atoms with Gasteiger partial charge in [-0.1, -0.05) is 17.8 Å². The number of hydrogen-bond donors (Lipinski definition) is 1. The Hall–Kier alpha value is -3.57. The van der Waals surface area contributed by atoms with Crippen molar-refractivity contribution in [3.05, 3.63) is 70.4 Å². The smallest absolute Gasteiger partial charge is 0.258 e. The molecule has 7 nitrogen and oxygen atoms in total. The molecule has 0 radical (unpaired) electrons. The molecule has 178 valence electrons. The zero-order valence-corrected chi connectivity index (χ0v) is 20.5. The van der Waals surface area contributed by atoms with Crippen LogP contribution in [0.15, 0.2) is 58.6 Å². The van der Waals surface area contributed by atoms with E-state index < -0.39 is 0 Å². The van der Waals surface area contributed by atoms with Gasteiger partial charge in [0.1, 0.15) is 5.65 Å². The summed E-state index contributed by atoms with van der Waals surface area (Å²) in [5.74, 6) is 0.569. The molecule has 0 unspecified atom stereocenters. The molecule has 3 aromatic rings. The van der Waals surface area contributed by atoms with Crippen molar-refractivity contribution in [2.45, 2.75) is 37.6 Å². The molecule has 0 aliphatic carbocycles. The summed E-state index contributed by atoms with van der Waals surface area (Å²) in [6.07, 6.45) is 5.74. The van der Waals surface area contributed by atoms with Crippen molar-refractivity contribution in [2.24, 2.45) is 5.92 Å². The highest BCUT2D eigenvalue weighted by molar-refractivity contribution is 8.04. The van der Waals surface area contributed by atoms with Gasteiger partial charge < -0.3 is 10.2 Å². The first-order chi connectivity index (χ1) is 17.0. The number of pyridine rings is 1. The first-order valence-corrected chi connectivity index (χ1v) is 12.8. The molecule has 2 aliphatic rings. The van der Waals surface area contributed by atoms with Gasteiger partial charge in [-0.15, -0.1) is 0 Å². The number of carbonyl (C=O) groups is 2. The maximum absolute atomic E-state index is 12.9. The molecule has 0 saturated carbocycles. The van der Waals surface area contributed by atoms with Gasteiger partial charge in [0.15, 0.2) is 0 Å². The van der Waals surface area contributed by atoms with E-state index in [2.05, 4.69) is 20.8 Å². The Labute approximate surface area is 208 Å². The highest BCUT2D eigenvalue weighted by Crippen LogP contribution is 2.38. The Morgan fingerprint density at radius 3 is 2.69 bits per heavy atom. The van der Waals surface area contributed by atoms with Crippen molar-refractivity contribution < 1.29 is 9.59 Å². The van der Waals surface area contributed by atoms with Crippen molar-refractivity contribution in [3.8, 4) is 6.07 Å². The molecule has 1 fully saturated rings. The maximum Gasteiger partial charge on any atom is 0.258 e. The van der Waals surface area contributed by atoms with E-state index in [1.165, 1.54) is 11.8 Å². The number of aromatic nitrogens is 2. The minimum absolute atomic E-state index is 0.0280. The molecule has 4 heterocycles. The molecule has 0 bridgehead atoms. The molecule has 0 atom stereocenters. The monoisotopic (exact) mass is 485 g/mol. The van der Waals surface area contributed by atoms with E-state index in [9.17, 15) is 9.59 Å². The number of rotatable bonds is 6. The molecule has 1 N–H and O–H groups in total. The molecule has 2 aliphatic heterocycles. The summed E-state index contributed by atoms with van der Waals surface area (Å²) in [6.45, 7) is 4.12.